The SMILES string of the molecule is CCCCc1cc2cccc(O)c2[nH]c1=O. The molecule has 3 heteroatoms. The summed E-state index contributed by atoms with van der Waals surface area (Å²) in [6.07, 6.45) is 2.86. The summed E-state index contributed by atoms with van der Waals surface area (Å²) in [6, 6.07) is 7.10. The number of hydrogen-bond acceptors (Lipinski definition) is 2. The number of pyridine rings is 1. The quantitative estimate of drug-likeness (QED) is 0.830. The lowest BCUT2D eigenvalue weighted by Gasteiger charge is -2.03. The van der Waals surface area contributed by atoms with E-state index in [1.807, 2.05) is 12.1 Å². The molecule has 0 fully saturated rings. The number of para-hydroxylation sites is 1. The minimum Gasteiger partial charge on any atom is -0.506 e. The van der Waals surface area contributed by atoms with Crippen molar-refractivity contribution in [3.8, 4) is 5.75 Å². The van der Waals surface area contributed by atoms with Gasteiger partial charge in [0.05, 0.1) is 5.52 Å². The van der Waals surface area contributed by atoms with Crippen LogP contribution in [0.2, 0.25) is 0 Å². The molecule has 84 valence electrons. The van der Waals surface area contributed by atoms with Crippen molar-refractivity contribution in [1.82, 2.24) is 4.98 Å². The summed E-state index contributed by atoms with van der Waals surface area (Å²) in [6.45, 7) is 2.10. The number of unbranched alkanes of at least 4 members (excludes halogenated alkanes) is 1. The van der Waals surface area contributed by atoms with Crippen LogP contribution in [0, 0.1) is 0 Å². The van der Waals surface area contributed by atoms with Crippen LogP contribution in [0.25, 0.3) is 10.9 Å². The van der Waals surface area contributed by atoms with Gasteiger partial charge in [-0.05, 0) is 25.0 Å². The Labute approximate surface area is 93.7 Å². The number of aromatic nitrogens is 1. The number of aromatic hydroxyl groups is 1. The highest BCUT2D eigenvalue weighted by Crippen LogP contribution is 2.21. The molecule has 1 heterocycles. The molecule has 0 bridgehead atoms. The summed E-state index contributed by atoms with van der Waals surface area (Å²) in [5.41, 5.74) is 1.22. The van der Waals surface area contributed by atoms with E-state index in [0.29, 0.717) is 5.52 Å². The highest BCUT2D eigenvalue weighted by atomic mass is 16.3. The van der Waals surface area contributed by atoms with Crippen molar-refractivity contribution in [1.29, 1.82) is 0 Å². The Hall–Kier alpha value is -1.77. The van der Waals surface area contributed by atoms with Gasteiger partial charge in [0, 0.05) is 10.9 Å². The zero-order valence-electron chi connectivity index (χ0n) is 9.29. The monoisotopic (exact) mass is 217 g/mol. The maximum Gasteiger partial charge on any atom is 0.251 e. The first-order valence-corrected chi connectivity index (χ1v) is 5.56. The predicted molar refractivity (Wildman–Crippen MR) is 64.8 cm³/mol. The molecule has 0 radical (unpaired) electrons. The molecule has 2 aromatic rings. The van der Waals surface area contributed by atoms with Crippen molar-refractivity contribution in [3.05, 3.63) is 40.2 Å². The van der Waals surface area contributed by atoms with Crippen molar-refractivity contribution < 1.29 is 5.11 Å². The van der Waals surface area contributed by atoms with Gasteiger partial charge in [-0.3, -0.25) is 4.79 Å². The smallest absolute Gasteiger partial charge is 0.251 e. The van der Waals surface area contributed by atoms with Crippen LogP contribution < -0.4 is 5.56 Å². The van der Waals surface area contributed by atoms with E-state index in [-0.39, 0.29) is 11.3 Å². The summed E-state index contributed by atoms with van der Waals surface area (Å²) in [5, 5.41) is 10.5. The predicted octanol–water partition coefficient (Wildman–Crippen LogP) is 2.58. The fourth-order valence-corrected chi connectivity index (χ4v) is 1.81. The zero-order valence-corrected chi connectivity index (χ0v) is 9.29. The molecule has 0 aliphatic rings. The number of phenols is 1. The number of benzene rings is 1. The topological polar surface area (TPSA) is 53.1 Å². The maximum atomic E-state index is 11.7. The number of nitrogens with one attached hydrogen (secondary N) is 1. The molecule has 2 rings (SSSR count). The average Bonchev–Trinajstić information content (AvgIpc) is 2.28. The van der Waals surface area contributed by atoms with Gasteiger partial charge < -0.3 is 10.1 Å². The largest absolute Gasteiger partial charge is 0.506 e. The molecular weight excluding hydrogens is 202 g/mol. The van der Waals surface area contributed by atoms with Gasteiger partial charge in [-0.25, -0.2) is 0 Å². The normalized spacial score (nSPS) is 10.8. The van der Waals surface area contributed by atoms with Gasteiger partial charge in [-0.15, -0.1) is 0 Å². The van der Waals surface area contributed by atoms with E-state index in [2.05, 4.69) is 11.9 Å². The molecule has 16 heavy (non-hydrogen) atoms. The average molecular weight is 217 g/mol. The van der Waals surface area contributed by atoms with Crippen LogP contribution in [0.4, 0.5) is 0 Å². The van der Waals surface area contributed by atoms with Crippen LogP contribution in [0.1, 0.15) is 25.3 Å². The molecule has 0 spiro atoms. The van der Waals surface area contributed by atoms with Crippen LogP contribution in [-0.2, 0) is 6.42 Å². The van der Waals surface area contributed by atoms with E-state index < -0.39 is 0 Å². The fourth-order valence-electron chi connectivity index (χ4n) is 1.81. The van der Waals surface area contributed by atoms with Gasteiger partial charge in [-0.2, -0.15) is 0 Å². The number of phenolic OH excluding ortho intramolecular Hbond substituents is 1. The molecule has 0 unspecified atom stereocenters. The lowest BCUT2D eigenvalue weighted by molar-refractivity contribution is 0.480. The van der Waals surface area contributed by atoms with E-state index in [4.69, 9.17) is 0 Å². The first-order valence-electron chi connectivity index (χ1n) is 5.56. The Balaban J connectivity index is 2.54. The van der Waals surface area contributed by atoms with Crippen LogP contribution in [0.5, 0.6) is 5.75 Å². The van der Waals surface area contributed by atoms with E-state index in [1.54, 1.807) is 12.1 Å². The van der Waals surface area contributed by atoms with Crippen LogP contribution >= 0.6 is 0 Å². The highest BCUT2D eigenvalue weighted by Gasteiger charge is 2.04. The van der Waals surface area contributed by atoms with Gasteiger partial charge in [-0.1, -0.05) is 25.5 Å². The fraction of sp³-hybridized carbons (Fsp3) is 0.308. The summed E-state index contributed by atoms with van der Waals surface area (Å²) in [5.74, 6) is 0.122. The molecule has 1 aromatic heterocycles. The van der Waals surface area contributed by atoms with Crippen molar-refractivity contribution >= 4 is 10.9 Å². The number of fused-ring (bicyclic) bond motifs is 1. The Kier molecular flexibility index (Phi) is 2.95. The molecule has 0 aliphatic carbocycles. The second kappa shape index (κ2) is 4.39. The van der Waals surface area contributed by atoms with Crippen LogP contribution in [0.15, 0.2) is 29.1 Å². The lowest BCUT2D eigenvalue weighted by atomic mass is 10.1. The molecule has 0 saturated heterocycles. The molecule has 0 saturated carbocycles. The number of rotatable bonds is 3. The van der Waals surface area contributed by atoms with Gasteiger partial charge in [0.2, 0.25) is 0 Å². The number of H-pyrrole nitrogens is 1. The Morgan fingerprint density at radius 2 is 2.19 bits per heavy atom. The van der Waals surface area contributed by atoms with Gasteiger partial charge >= 0.3 is 0 Å². The maximum absolute atomic E-state index is 11.7. The molecule has 0 atom stereocenters. The van der Waals surface area contributed by atoms with Gasteiger partial charge in [0.1, 0.15) is 5.75 Å². The highest BCUT2D eigenvalue weighted by molar-refractivity contribution is 5.84. The van der Waals surface area contributed by atoms with Crippen LogP contribution in [-0.4, -0.2) is 10.1 Å². The number of aryl methyl sites for hydroxylation is 1. The van der Waals surface area contributed by atoms with E-state index >= 15 is 0 Å². The van der Waals surface area contributed by atoms with Crippen LogP contribution in [0.3, 0.4) is 0 Å². The van der Waals surface area contributed by atoms with E-state index in [1.165, 1.54) is 0 Å². The van der Waals surface area contributed by atoms with Gasteiger partial charge in [0.15, 0.2) is 0 Å². The van der Waals surface area contributed by atoms with E-state index in [9.17, 15) is 9.90 Å². The Morgan fingerprint density at radius 1 is 1.38 bits per heavy atom. The number of hydrogen-bond donors (Lipinski definition) is 2. The van der Waals surface area contributed by atoms with E-state index in [0.717, 1.165) is 30.2 Å². The second-order valence-corrected chi connectivity index (χ2v) is 3.97. The Morgan fingerprint density at radius 3 is 2.94 bits per heavy atom. The van der Waals surface area contributed by atoms with Crippen molar-refractivity contribution in [2.75, 3.05) is 0 Å². The minimum absolute atomic E-state index is 0.0950. The standard InChI is InChI=1S/C13H15NO2/c1-2-3-5-10-8-9-6-4-7-11(15)12(9)14-13(10)16/h4,6-8,15H,2-3,5H2,1H3,(H,14,16). The molecule has 0 amide bonds. The summed E-state index contributed by atoms with van der Waals surface area (Å²) < 4.78 is 0. The zero-order chi connectivity index (χ0) is 11.5. The van der Waals surface area contributed by atoms with Crippen molar-refractivity contribution in [2.24, 2.45) is 0 Å². The lowest BCUT2D eigenvalue weighted by Crippen LogP contribution is -2.12. The Bertz CT molecular complexity index is 557. The third-order valence-electron chi connectivity index (χ3n) is 2.73. The summed E-state index contributed by atoms with van der Waals surface area (Å²) in [7, 11) is 0. The third kappa shape index (κ3) is 1.94. The molecule has 0 aliphatic heterocycles. The van der Waals surface area contributed by atoms with Gasteiger partial charge in [0.25, 0.3) is 5.56 Å². The second-order valence-electron chi connectivity index (χ2n) is 3.97. The first kappa shape index (κ1) is 10.7. The number of aromatic amines is 1. The molecule has 1 aromatic carbocycles. The summed E-state index contributed by atoms with van der Waals surface area (Å²) >= 11 is 0. The van der Waals surface area contributed by atoms with Crippen molar-refractivity contribution in [2.45, 2.75) is 26.2 Å². The molecule has 3 nitrogen and oxygen atoms in total. The third-order valence-corrected chi connectivity index (χ3v) is 2.73. The summed E-state index contributed by atoms with van der Waals surface area (Å²) in [4.78, 5) is 14.5. The van der Waals surface area contributed by atoms with Crippen molar-refractivity contribution in [3.63, 3.8) is 0 Å². The molecular formula is C13H15NO2. The minimum atomic E-state index is -0.0950. The molecule has 2 N–H and O–H groups in total. The first-order chi connectivity index (χ1) is 7.72.